The summed E-state index contributed by atoms with van der Waals surface area (Å²) in [6, 6.07) is 12.2. The minimum Gasteiger partial charge on any atom is -0.482 e. The Morgan fingerprint density at radius 3 is 2.43 bits per heavy atom. The number of carboxylic acids is 1. The summed E-state index contributed by atoms with van der Waals surface area (Å²) in [5.41, 5.74) is 0.0407. The molecule has 0 amide bonds. The topological polar surface area (TPSA) is 72.8 Å². The zero-order chi connectivity index (χ0) is 15.2. The van der Waals surface area contributed by atoms with Crippen LogP contribution in [0.2, 0.25) is 5.02 Å². The number of carbonyl (C=O) groups excluding carboxylic acids is 1. The van der Waals surface area contributed by atoms with Crippen molar-refractivity contribution >= 4 is 23.5 Å². The van der Waals surface area contributed by atoms with E-state index in [1.807, 2.05) is 0 Å². The van der Waals surface area contributed by atoms with Gasteiger partial charge >= 0.3 is 11.9 Å². The third-order valence-electron chi connectivity index (χ3n) is 2.48. The third-order valence-corrected chi connectivity index (χ3v) is 2.73. The quantitative estimate of drug-likeness (QED) is 0.679. The van der Waals surface area contributed by atoms with Crippen molar-refractivity contribution in [1.29, 1.82) is 0 Å². The highest BCUT2D eigenvalue weighted by molar-refractivity contribution is 6.30. The molecule has 0 aromatic heterocycles. The second-order valence-corrected chi connectivity index (χ2v) is 4.49. The van der Waals surface area contributed by atoms with Crippen LogP contribution in [-0.2, 0) is 4.79 Å². The summed E-state index contributed by atoms with van der Waals surface area (Å²) >= 11 is 5.73. The molecule has 0 fully saturated rings. The molecule has 21 heavy (non-hydrogen) atoms. The molecule has 0 unspecified atom stereocenters. The van der Waals surface area contributed by atoms with Gasteiger partial charge in [0.05, 0.1) is 5.56 Å². The lowest BCUT2D eigenvalue weighted by atomic mass is 10.2. The van der Waals surface area contributed by atoms with E-state index in [2.05, 4.69) is 0 Å². The van der Waals surface area contributed by atoms with Crippen molar-refractivity contribution in [2.45, 2.75) is 0 Å². The predicted octanol–water partition coefficient (Wildman–Crippen LogP) is 3.02. The number of hydrogen-bond donors (Lipinski definition) is 1. The molecule has 2 rings (SSSR count). The first-order chi connectivity index (χ1) is 10.0. The van der Waals surface area contributed by atoms with Crippen LogP contribution in [0.3, 0.4) is 0 Å². The highest BCUT2D eigenvalue weighted by Crippen LogP contribution is 2.16. The van der Waals surface area contributed by atoms with E-state index in [1.54, 1.807) is 24.3 Å². The summed E-state index contributed by atoms with van der Waals surface area (Å²) in [5.74, 6) is -1.09. The van der Waals surface area contributed by atoms with Crippen molar-refractivity contribution in [2.24, 2.45) is 0 Å². The predicted molar refractivity (Wildman–Crippen MR) is 76.0 cm³/mol. The summed E-state index contributed by atoms with van der Waals surface area (Å²) in [5, 5.41) is 9.41. The van der Waals surface area contributed by atoms with Crippen LogP contribution in [-0.4, -0.2) is 23.7 Å². The van der Waals surface area contributed by atoms with Gasteiger partial charge in [-0.3, -0.25) is 0 Å². The first-order valence-electron chi connectivity index (χ1n) is 5.97. The number of ether oxygens (including phenoxy) is 2. The van der Waals surface area contributed by atoms with E-state index in [1.165, 1.54) is 24.3 Å². The van der Waals surface area contributed by atoms with Crippen LogP contribution in [0.25, 0.3) is 0 Å². The number of hydrogen-bond acceptors (Lipinski definition) is 4. The van der Waals surface area contributed by atoms with Gasteiger partial charge in [-0.1, -0.05) is 17.7 Å². The van der Waals surface area contributed by atoms with E-state index >= 15 is 0 Å². The maximum Gasteiger partial charge on any atom is 0.349 e. The lowest BCUT2D eigenvalue weighted by Gasteiger charge is -2.07. The number of benzene rings is 2. The Labute approximate surface area is 125 Å². The molecule has 108 valence electrons. The lowest BCUT2D eigenvalue weighted by Crippen LogP contribution is -2.17. The smallest absolute Gasteiger partial charge is 0.349 e. The number of rotatable bonds is 5. The molecule has 0 saturated carbocycles. The fraction of sp³-hybridized carbons (Fsp3) is 0.0667. The van der Waals surface area contributed by atoms with Crippen molar-refractivity contribution in [1.82, 2.24) is 0 Å². The number of esters is 1. The maximum absolute atomic E-state index is 11.6. The Morgan fingerprint density at radius 2 is 1.76 bits per heavy atom. The van der Waals surface area contributed by atoms with Gasteiger partial charge in [-0.05, 0) is 42.5 Å². The monoisotopic (exact) mass is 306 g/mol. The molecule has 1 N–H and O–H groups in total. The molecule has 0 bridgehead atoms. The molecular weight excluding hydrogens is 296 g/mol. The minimum absolute atomic E-state index is 0.0407. The van der Waals surface area contributed by atoms with E-state index in [0.717, 1.165) is 0 Å². The van der Waals surface area contributed by atoms with Gasteiger partial charge in [0, 0.05) is 5.02 Å². The summed E-state index contributed by atoms with van der Waals surface area (Å²) < 4.78 is 10.2. The van der Waals surface area contributed by atoms with Gasteiger partial charge in [-0.25, -0.2) is 9.59 Å². The van der Waals surface area contributed by atoms with Gasteiger partial charge in [-0.2, -0.15) is 0 Å². The molecule has 6 heteroatoms. The number of aromatic carboxylic acids is 1. The normalized spacial score (nSPS) is 9.95. The summed E-state index contributed by atoms with van der Waals surface area (Å²) in [6.45, 7) is -0.293. The molecule has 0 aliphatic rings. The van der Waals surface area contributed by atoms with Gasteiger partial charge in [-0.15, -0.1) is 0 Å². The molecule has 5 nitrogen and oxygen atoms in total. The number of carboxylic acid groups (broad SMARTS) is 1. The standard InChI is InChI=1S/C15H11ClO5/c16-11-4-6-12(7-5-11)20-9-14(17)21-13-3-1-2-10(8-13)15(18)19/h1-8H,9H2,(H,18,19). The minimum atomic E-state index is -1.09. The van der Waals surface area contributed by atoms with Crippen LogP contribution in [0.4, 0.5) is 0 Å². The number of carbonyl (C=O) groups is 2. The first kappa shape index (κ1) is 14.9. The molecule has 0 saturated heterocycles. The van der Waals surface area contributed by atoms with Gasteiger partial charge in [0.2, 0.25) is 0 Å². The van der Waals surface area contributed by atoms with E-state index in [-0.39, 0.29) is 17.9 Å². The van der Waals surface area contributed by atoms with Crippen molar-refractivity contribution < 1.29 is 24.2 Å². The molecule has 0 radical (unpaired) electrons. The van der Waals surface area contributed by atoms with Crippen LogP contribution in [0.5, 0.6) is 11.5 Å². The third kappa shape index (κ3) is 4.50. The first-order valence-corrected chi connectivity index (χ1v) is 6.35. The van der Waals surface area contributed by atoms with E-state index < -0.39 is 11.9 Å². The van der Waals surface area contributed by atoms with Crippen molar-refractivity contribution in [3.63, 3.8) is 0 Å². The molecular formula is C15H11ClO5. The Hall–Kier alpha value is -2.53. The largest absolute Gasteiger partial charge is 0.482 e. The molecule has 2 aromatic rings. The van der Waals surface area contributed by atoms with Gasteiger partial charge in [0.25, 0.3) is 0 Å². The maximum atomic E-state index is 11.6. The van der Waals surface area contributed by atoms with Crippen LogP contribution in [0, 0.1) is 0 Å². The summed E-state index contributed by atoms with van der Waals surface area (Å²) in [4.78, 5) is 22.4. The Morgan fingerprint density at radius 1 is 1.05 bits per heavy atom. The Balaban J connectivity index is 1.91. The van der Waals surface area contributed by atoms with Crippen molar-refractivity contribution in [2.75, 3.05) is 6.61 Å². The van der Waals surface area contributed by atoms with Crippen LogP contribution in [0.1, 0.15) is 10.4 Å². The fourth-order valence-electron chi connectivity index (χ4n) is 1.53. The number of halogens is 1. The molecule has 0 spiro atoms. The Bertz CT molecular complexity index is 651. The van der Waals surface area contributed by atoms with Gasteiger partial charge in [0.15, 0.2) is 6.61 Å². The second-order valence-electron chi connectivity index (χ2n) is 4.05. The Kier molecular flexibility index (Phi) is 4.79. The molecule has 0 atom stereocenters. The van der Waals surface area contributed by atoms with Crippen LogP contribution in [0.15, 0.2) is 48.5 Å². The van der Waals surface area contributed by atoms with Crippen LogP contribution >= 0.6 is 11.6 Å². The lowest BCUT2D eigenvalue weighted by molar-refractivity contribution is -0.136. The SMILES string of the molecule is O=C(COc1ccc(Cl)cc1)Oc1cccc(C(=O)O)c1. The zero-order valence-electron chi connectivity index (χ0n) is 10.8. The van der Waals surface area contributed by atoms with E-state index in [4.69, 9.17) is 26.2 Å². The van der Waals surface area contributed by atoms with Crippen molar-refractivity contribution in [3.8, 4) is 11.5 Å². The fourth-order valence-corrected chi connectivity index (χ4v) is 1.65. The molecule has 0 aliphatic heterocycles. The molecule has 0 aliphatic carbocycles. The van der Waals surface area contributed by atoms with E-state index in [0.29, 0.717) is 10.8 Å². The highest BCUT2D eigenvalue weighted by Gasteiger charge is 2.09. The zero-order valence-corrected chi connectivity index (χ0v) is 11.5. The van der Waals surface area contributed by atoms with E-state index in [9.17, 15) is 9.59 Å². The van der Waals surface area contributed by atoms with Gasteiger partial charge < -0.3 is 14.6 Å². The molecule has 0 heterocycles. The van der Waals surface area contributed by atoms with Gasteiger partial charge in [0.1, 0.15) is 11.5 Å². The second kappa shape index (κ2) is 6.76. The molecule has 2 aromatic carbocycles. The van der Waals surface area contributed by atoms with Crippen molar-refractivity contribution in [3.05, 3.63) is 59.1 Å². The average Bonchev–Trinajstić information content (AvgIpc) is 2.47. The summed E-state index contributed by atoms with van der Waals surface area (Å²) in [6.07, 6.45) is 0. The highest BCUT2D eigenvalue weighted by atomic mass is 35.5. The van der Waals surface area contributed by atoms with Crippen LogP contribution < -0.4 is 9.47 Å². The average molecular weight is 307 g/mol. The summed E-state index contributed by atoms with van der Waals surface area (Å²) in [7, 11) is 0.